The van der Waals surface area contributed by atoms with Gasteiger partial charge in [0.05, 0.1) is 4.90 Å². The lowest BCUT2D eigenvalue weighted by Gasteiger charge is -2.19. The van der Waals surface area contributed by atoms with Gasteiger partial charge in [-0.2, -0.15) is 8.42 Å². The van der Waals surface area contributed by atoms with E-state index in [2.05, 4.69) is 30.3 Å². The van der Waals surface area contributed by atoms with Crippen LogP contribution in [0.1, 0.15) is 29.5 Å². The molecule has 0 aliphatic rings. The van der Waals surface area contributed by atoms with Crippen LogP contribution in [0.15, 0.2) is 77.7 Å². The summed E-state index contributed by atoms with van der Waals surface area (Å²) in [5.41, 5.74) is 2.60. The molecule has 0 aromatic heterocycles. The van der Waals surface area contributed by atoms with Crippen LogP contribution in [0, 0.1) is 6.92 Å². The van der Waals surface area contributed by atoms with Crippen molar-refractivity contribution in [3.63, 3.8) is 0 Å². The third-order valence-electron chi connectivity index (χ3n) is 5.16. The van der Waals surface area contributed by atoms with Crippen LogP contribution >= 0.6 is 0 Å². The van der Waals surface area contributed by atoms with Gasteiger partial charge in [0.15, 0.2) is 0 Å². The highest BCUT2D eigenvalue weighted by Gasteiger charge is 2.22. The van der Waals surface area contributed by atoms with Crippen molar-refractivity contribution in [3.8, 4) is 0 Å². The molecule has 0 saturated heterocycles. The maximum atomic E-state index is 11.9. The highest BCUT2D eigenvalue weighted by Crippen LogP contribution is 2.35. The van der Waals surface area contributed by atoms with Crippen LogP contribution in [0.2, 0.25) is 0 Å². The molecule has 0 aliphatic carbocycles. The van der Waals surface area contributed by atoms with Gasteiger partial charge in [-0.15, -0.1) is 0 Å². The second kappa shape index (κ2) is 6.48. The van der Waals surface area contributed by atoms with E-state index in [1.807, 2.05) is 44.2 Å². The first-order chi connectivity index (χ1) is 12.8. The number of hydrogen-bond donors (Lipinski definition) is 1. The second-order valence-electron chi connectivity index (χ2n) is 7.01. The van der Waals surface area contributed by atoms with E-state index in [-0.39, 0.29) is 10.8 Å². The fraction of sp³-hybridized carbons (Fsp3) is 0.130. The first-order valence-electron chi connectivity index (χ1n) is 8.84. The van der Waals surface area contributed by atoms with Gasteiger partial charge in [-0.1, -0.05) is 67.1 Å². The first-order valence-corrected chi connectivity index (χ1v) is 10.3. The minimum atomic E-state index is -4.29. The van der Waals surface area contributed by atoms with Crippen LogP contribution in [0.25, 0.3) is 21.5 Å². The lowest BCUT2D eigenvalue weighted by atomic mass is 9.88. The van der Waals surface area contributed by atoms with Gasteiger partial charge >= 0.3 is 0 Å². The van der Waals surface area contributed by atoms with Gasteiger partial charge in [0, 0.05) is 5.92 Å². The summed E-state index contributed by atoms with van der Waals surface area (Å²) in [6.07, 6.45) is 0. The van der Waals surface area contributed by atoms with Gasteiger partial charge < -0.3 is 0 Å². The summed E-state index contributed by atoms with van der Waals surface area (Å²) in [4.78, 5) is -0.0293. The predicted molar refractivity (Wildman–Crippen MR) is 110 cm³/mol. The van der Waals surface area contributed by atoms with Crippen LogP contribution in [-0.2, 0) is 10.1 Å². The maximum Gasteiger partial charge on any atom is 0.294 e. The molecule has 27 heavy (non-hydrogen) atoms. The van der Waals surface area contributed by atoms with Crippen molar-refractivity contribution in [1.82, 2.24) is 0 Å². The molecule has 0 amide bonds. The summed E-state index contributed by atoms with van der Waals surface area (Å²) in [6, 6.07) is 23.6. The summed E-state index contributed by atoms with van der Waals surface area (Å²) in [7, 11) is -4.29. The van der Waals surface area contributed by atoms with Gasteiger partial charge in [-0.05, 0) is 57.8 Å². The third-order valence-corrected chi connectivity index (χ3v) is 6.08. The first kappa shape index (κ1) is 17.7. The summed E-state index contributed by atoms with van der Waals surface area (Å²) >= 11 is 0. The van der Waals surface area contributed by atoms with Crippen molar-refractivity contribution in [1.29, 1.82) is 0 Å². The monoisotopic (exact) mass is 376 g/mol. The Labute approximate surface area is 159 Å². The van der Waals surface area contributed by atoms with Crippen molar-refractivity contribution in [3.05, 3.63) is 89.5 Å². The summed E-state index contributed by atoms with van der Waals surface area (Å²) in [5.74, 6) is -0.188. The quantitative estimate of drug-likeness (QED) is 0.369. The zero-order valence-electron chi connectivity index (χ0n) is 15.2. The molecule has 0 fully saturated rings. The lowest BCUT2D eigenvalue weighted by Crippen LogP contribution is -2.07. The van der Waals surface area contributed by atoms with E-state index in [0.717, 1.165) is 27.3 Å². The van der Waals surface area contributed by atoms with Crippen molar-refractivity contribution in [2.45, 2.75) is 24.7 Å². The summed E-state index contributed by atoms with van der Waals surface area (Å²) < 4.78 is 33.5. The van der Waals surface area contributed by atoms with Crippen LogP contribution in [-0.4, -0.2) is 13.0 Å². The Morgan fingerprint density at radius 3 is 2.15 bits per heavy atom. The van der Waals surface area contributed by atoms with Crippen LogP contribution < -0.4 is 0 Å². The molecule has 0 spiro atoms. The van der Waals surface area contributed by atoms with E-state index in [4.69, 9.17) is 0 Å². The number of aryl methyl sites for hydroxylation is 1. The Morgan fingerprint density at radius 2 is 1.44 bits per heavy atom. The molecule has 0 bridgehead atoms. The molecular formula is C23H20O3S. The largest absolute Gasteiger partial charge is 0.294 e. The minimum absolute atomic E-state index is 0.0293. The van der Waals surface area contributed by atoms with E-state index in [1.165, 1.54) is 11.5 Å². The molecule has 1 atom stereocenters. The molecule has 0 saturated carbocycles. The maximum absolute atomic E-state index is 11.9. The molecule has 1 N–H and O–H groups in total. The minimum Gasteiger partial charge on any atom is -0.282 e. The van der Waals surface area contributed by atoms with E-state index in [9.17, 15) is 13.0 Å². The van der Waals surface area contributed by atoms with Gasteiger partial charge in [0.1, 0.15) is 0 Å². The Balaban J connectivity index is 1.98. The molecule has 3 nitrogen and oxygen atoms in total. The molecule has 136 valence electrons. The van der Waals surface area contributed by atoms with Crippen LogP contribution in [0.5, 0.6) is 0 Å². The molecule has 0 heterocycles. The van der Waals surface area contributed by atoms with Gasteiger partial charge in [0.2, 0.25) is 0 Å². The number of hydrogen-bond acceptors (Lipinski definition) is 2. The van der Waals surface area contributed by atoms with E-state index >= 15 is 0 Å². The summed E-state index contributed by atoms with van der Waals surface area (Å²) in [5, 5.41) is 4.51. The Hall–Kier alpha value is -2.69. The van der Waals surface area contributed by atoms with Crippen molar-refractivity contribution in [2.24, 2.45) is 0 Å². The van der Waals surface area contributed by atoms with Crippen LogP contribution in [0.3, 0.4) is 0 Å². The fourth-order valence-electron chi connectivity index (χ4n) is 3.78. The zero-order valence-corrected chi connectivity index (χ0v) is 16.0. The zero-order chi connectivity index (χ0) is 19.2. The van der Waals surface area contributed by atoms with Crippen molar-refractivity contribution >= 4 is 31.7 Å². The third kappa shape index (κ3) is 3.22. The normalized spacial score (nSPS) is 13.1. The standard InChI is InChI=1S/C23H20O3S/c1-15-10-11-23(27(24,25)26)21(12-15)16(2)20-9-5-8-19-13-17-6-3-4-7-18(17)14-22(19)20/h3-14,16H,1-2H3,(H,24,25,26). The molecule has 4 aromatic rings. The SMILES string of the molecule is Cc1ccc(S(=O)(=O)O)c(C(C)c2cccc3cc4ccccc4cc23)c1. The summed E-state index contributed by atoms with van der Waals surface area (Å²) in [6.45, 7) is 3.90. The average Bonchev–Trinajstić information content (AvgIpc) is 2.64. The molecule has 4 heteroatoms. The molecule has 1 unspecified atom stereocenters. The van der Waals surface area contributed by atoms with Gasteiger partial charge in [-0.3, -0.25) is 4.55 Å². The number of benzene rings is 4. The van der Waals surface area contributed by atoms with Crippen molar-refractivity contribution < 1.29 is 13.0 Å². The topological polar surface area (TPSA) is 54.4 Å². The van der Waals surface area contributed by atoms with Gasteiger partial charge in [0.25, 0.3) is 10.1 Å². The Kier molecular flexibility index (Phi) is 4.25. The highest BCUT2D eigenvalue weighted by atomic mass is 32.2. The van der Waals surface area contributed by atoms with Crippen molar-refractivity contribution in [2.75, 3.05) is 0 Å². The molecule has 0 radical (unpaired) electrons. The number of rotatable bonds is 3. The lowest BCUT2D eigenvalue weighted by molar-refractivity contribution is 0.481. The highest BCUT2D eigenvalue weighted by molar-refractivity contribution is 7.85. The van der Waals surface area contributed by atoms with Crippen LogP contribution in [0.4, 0.5) is 0 Å². The van der Waals surface area contributed by atoms with Gasteiger partial charge in [-0.25, -0.2) is 0 Å². The second-order valence-corrected chi connectivity index (χ2v) is 8.40. The average molecular weight is 376 g/mol. The predicted octanol–water partition coefficient (Wildman–Crippen LogP) is 5.70. The van der Waals surface area contributed by atoms with E-state index in [1.54, 1.807) is 6.07 Å². The fourth-order valence-corrected chi connectivity index (χ4v) is 4.55. The molecule has 0 aliphatic heterocycles. The smallest absolute Gasteiger partial charge is 0.282 e. The molecule has 4 rings (SSSR count). The Bertz CT molecular complexity index is 1270. The number of fused-ring (bicyclic) bond motifs is 2. The van der Waals surface area contributed by atoms with E-state index in [0.29, 0.717) is 5.56 Å². The molecule has 4 aromatic carbocycles. The Morgan fingerprint density at radius 1 is 0.778 bits per heavy atom. The van der Waals surface area contributed by atoms with E-state index < -0.39 is 10.1 Å². The molecular weight excluding hydrogens is 356 g/mol.